The van der Waals surface area contributed by atoms with Crippen LogP contribution in [-0.4, -0.2) is 6.54 Å². The minimum atomic E-state index is 0.00657. The maximum atomic E-state index is 8.88. The molecule has 1 atom stereocenters. The van der Waals surface area contributed by atoms with E-state index in [9.17, 15) is 0 Å². The molecule has 1 aliphatic rings. The van der Waals surface area contributed by atoms with Crippen molar-refractivity contribution in [3.05, 3.63) is 29.3 Å². The summed E-state index contributed by atoms with van der Waals surface area (Å²) in [7, 11) is 0. The van der Waals surface area contributed by atoms with Crippen LogP contribution >= 0.6 is 0 Å². The Morgan fingerprint density at radius 1 is 1.54 bits per heavy atom. The first-order valence-corrected chi connectivity index (χ1v) is 4.35. The van der Waals surface area contributed by atoms with Crippen LogP contribution in [0.25, 0.3) is 0 Å². The highest BCUT2D eigenvalue weighted by Gasteiger charge is 2.19. The predicted octanol–water partition coefficient (Wildman–Crippen LogP) is 1.37. The number of rotatable bonds is 0. The Morgan fingerprint density at radius 3 is 3.15 bits per heavy atom. The molecule has 0 aliphatic carbocycles. The van der Waals surface area contributed by atoms with Crippen molar-refractivity contribution >= 4 is 5.69 Å². The third-order valence-electron chi connectivity index (χ3n) is 2.37. The Bertz CT molecular complexity index is 365. The molecular weight excluding hydrogens is 162 g/mol. The zero-order valence-electron chi connectivity index (χ0n) is 7.25. The number of nitrogens with one attached hydrogen (secondary N) is 1. The Hall–Kier alpha value is -1.53. The second kappa shape index (κ2) is 3.08. The number of nitriles is 1. The summed E-state index contributed by atoms with van der Waals surface area (Å²) >= 11 is 0. The van der Waals surface area contributed by atoms with E-state index in [1.165, 1.54) is 0 Å². The van der Waals surface area contributed by atoms with Crippen LogP contribution in [0, 0.1) is 11.3 Å². The highest BCUT2D eigenvalue weighted by molar-refractivity contribution is 5.60. The van der Waals surface area contributed by atoms with Gasteiger partial charge in [-0.1, -0.05) is 6.07 Å². The van der Waals surface area contributed by atoms with Crippen LogP contribution in [0.5, 0.6) is 0 Å². The van der Waals surface area contributed by atoms with Crippen molar-refractivity contribution in [1.82, 2.24) is 0 Å². The molecule has 0 radical (unpaired) electrons. The maximum absolute atomic E-state index is 8.88. The number of anilines is 1. The zero-order chi connectivity index (χ0) is 9.26. The van der Waals surface area contributed by atoms with Gasteiger partial charge in [-0.3, -0.25) is 0 Å². The molecule has 0 bridgehead atoms. The summed E-state index contributed by atoms with van der Waals surface area (Å²) in [5.41, 5.74) is 8.60. The van der Waals surface area contributed by atoms with Gasteiger partial charge in [0.1, 0.15) is 0 Å². The minimum absolute atomic E-state index is 0.00657. The van der Waals surface area contributed by atoms with E-state index in [0.717, 1.165) is 24.2 Å². The molecule has 0 saturated heterocycles. The third-order valence-corrected chi connectivity index (χ3v) is 2.37. The topological polar surface area (TPSA) is 61.8 Å². The number of benzene rings is 1. The lowest BCUT2D eigenvalue weighted by molar-refractivity contribution is 0.653. The predicted molar refractivity (Wildman–Crippen MR) is 51.2 cm³/mol. The summed E-state index contributed by atoms with van der Waals surface area (Å²) in [6, 6.07) is 7.83. The molecule has 3 nitrogen and oxygen atoms in total. The van der Waals surface area contributed by atoms with E-state index in [2.05, 4.69) is 11.4 Å². The van der Waals surface area contributed by atoms with E-state index in [0.29, 0.717) is 5.56 Å². The Morgan fingerprint density at radius 2 is 2.38 bits per heavy atom. The molecule has 0 saturated carbocycles. The molecule has 0 unspecified atom stereocenters. The largest absolute Gasteiger partial charge is 0.385 e. The van der Waals surface area contributed by atoms with Crippen LogP contribution in [0.2, 0.25) is 0 Å². The molecule has 1 heterocycles. The quantitative estimate of drug-likeness (QED) is 0.623. The zero-order valence-corrected chi connectivity index (χ0v) is 7.25. The molecule has 66 valence electrons. The average Bonchev–Trinajstić information content (AvgIpc) is 2.17. The minimum Gasteiger partial charge on any atom is -0.385 e. The van der Waals surface area contributed by atoms with Crippen LogP contribution in [0.3, 0.4) is 0 Å². The van der Waals surface area contributed by atoms with Crippen molar-refractivity contribution in [2.45, 2.75) is 12.5 Å². The van der Waals surface area contributed by atoms with Crippen LogP contribution < -0.4 is 11.1 Å². The molecule has 0 amide bonds. The normalized spacial score (nSPS) is 19.8. The van der Waals surface area contributed by atoms with Gasteiger partial charge in [0.2, 0.25) is 0 Å². The van der Waals surface area contributed by atoms with E-state index in [1.54, 1.807) is 0 Å². The highest BCUT2D eigenvalue weighted by Crippen LogP contribution is 2.30. The van der Waals surface area contributed by atoms with E-state index in [4.69, 9.17) is 11.0 Å². The van der Waals surface area contributed by atoms with Crippen molar-refractivity contribution in [2.24, 2.45) is 5.73 Å². The first kappa shape index (κ1) is 8.09. The number of nitrogens with zero attached hydrogens (tertiary/aromatic N) is 1. The lowest BCUT2D eigenvalue weighted by Gasteiger charge is -2.24. The molecule has 2 rings (SSSR count). The van der Waals surface area contributed by atoms with Gasteiger partial charge in [-0.05, 0) is 18.6 Å². The second-order valence-corrected chi connectivity index (χ2v) is 3.20. The van der Waals surface area contributed by atoms with Gasteiger partial charge in [-0.15, -0.1) is 0 Å². The standard InChI is InChI=1S/C10H11N3/c11-6-7-2-1-3-9-10(7)8(12)4-5-13-9/h1-3,8,13H,4-5,12H2/t8-/m1/s1. The van der Waals surface area contributed by atoms with Crippen LogP contribution in [-0.2, 0) is 0 Å². The Labute approximate surface area is 77.2 Å². The first-order valence-electron chi connectivity index (χ1n) is 4.35. The number of fused-ring (bicyclic) bond motifs is 1. The fourth-order valence-corrected chi connectivity index (χ4v) is 1.72. The molecule has 1 aliphatic heterocycles. The summed E-state index contributed by atoms with van der Waals surface area (Å²) in [5, 5.41) is 12.1. The van der Waals surface area contributed by atoms with E-state index in [-0.39, 0.29) is 6.04 Å². The van der Waals surface area contributed by atoms with Crippen molar-refractivity contribution in [3.8, 4) is 6.07 Å². The van der Waals surface area contributed by atoms with E-state index in [1.807, 2.05) is 18.2 Å². The number of hydrogen-bond donors (Lipinski definition) is 2. The summed E-state index contributed by atoms with van der Waals surface area (Å²) < 4.78 is 0. The molecule has 0 fully saturated rings. The highest BCUT2D eigenvalue weighted by atomic mass is 14.9. The van der Waals surface area contributed by atoms with Gasteiger partial charge in [-0.2, -0.15) is 5.26 Å². The summed E-state index contributed by atoms with van der Waals surface area (Å²) in [6.07, 6.45) is 0.895. The monoisotopic (exact) mass is 173 g/mol. The molecule has 0 aromatic heterocycles. The summed E-state index contributed by atoms with van der Waals surface area (Å²) in [4.78, 5) is 0. The molecule has 0 spiro atoms. The molecule has 1 aromatic rings. The van der Waals surface area contributed by atoms with Crippen molar-refractivity contribution in [1.29, 1.82) is 5.26 Å². The van der Waals surface area contributed by atoms with Gasteiger partial charge >= 0.3 is 0 Å². The fourth-order valence-electron chi connectivity index (χ4n) is 1.72. The van der Waals surface area contributed by atoms with Crippen molar-refractivity contribution < 1.29 is 0 Å². The van der Waals surface area contributed by atoms with Crippen molar-refractivity contribution in [3.63, 3.8) is 0 Å². The molecule has 3 heteroatoms. The van der Waals surface area contributed by atoms with Gasteiger partial charge in [0.05, 0.1) is 11.6 Å². The average molecular weight is 173 g/mol. The smallest absolute Gasteiger partial charge is 0.0995 e. The summed E-state index contributed by atoms with van der Waals surface area (Å²) in [6.45, 7) is 0.892. The van der Waals surface area contributed by atoms with Gasteiger partial charge < -0.3 is 11.1 Å². The van der Waals surface area contributed by atoms with E-state index < -0.39 is 0 Å². The molecular formula is C10H11N3. The van der Waals surface area contributed by atoms with Crippen LogP contribution in [0.15, 0.2) is 18.2 Å². The fraction of sp³-hybridized carbons (Fsp3) is 0.300. The van der Waals surface area contributed by atoms with Crippen LogP contribution in [0.4, 0.5) is 5.69 Å². The van der Waals surface area contributed by atoms with E-state index >= 15 is 0 Å². The molecule has 3 N–H and O–H groups in total. The number of nitrogens with two attached hydrogens (primary N) is 1. The summed E-state index contributed by atoms with van der Waals surface area (Å²) in [5.74, 6) is 0. The van der Waals surface area contributed by atoms with Gasteiger partial charge in [0, 0.05) is 23.8 Å². The number of hydrogen-bond acceptors (Lipinski definition) is 3. The Balaban J connectivity index is 2.58. The lowest BCUT2D eigenvalue weighted by Crippen LogP contribution is -2.23. The van der Waals surface area contributed by atoms with Gasteiger partial charge in [0.15, 0.2) is 0 Å². The third kappa shape index (κ3) is 1.25. The van der Waals surface area contributed by atoms with Gasteiger partial charge in [0.25, 0.3) is 0 Å². The van der Waals surface area contributed by atoms with Gasteiger partial charge in [-0.25, -0.2) is 0 Å². The van der Waals surface area contributed by atoms with Crippen LogP contribution in [0.1, 0.15) is 23.6 Å². The SMILES string of the molecule is N#Cc1cccc2c1[C@H](N)CCN2. The Kier molecular flexibility index (Phi) is 1.91. The van der Waals surface area contributed by atoms with Crippen molar-refractivity contribution in [2.75, 3.05) is 11.9 Å². The first-order chi connectivity index (χ1) is 6.33. The second-order valence-electron chi connectivity index (χ2n) is 3.20. The lowest BCUT2D eigenvalue weighted by atomic mass is 9.94. The molecule has 1 aromatic carbocycles. The molecule has 13 heavy (non-hydrogen) atoms. The maximum Gasteiger partial charge on any atom is 0.0995 e.